The molecule has 19 nitrogen and oxygen atoms in total. The number of urea groups is 1. The number of ether oxygens (including phenoxy) is 5. The molecule has 0 fully saturated rings. The van der Waals surface area contributed by atoms with E-state index in [1.165, 1.54) is 71.6 Å². The van der Waals surface area contributed by atoms with Crippen LogP contribution in [0.5, 0.6) is 0 Å². The van der Waals surface area contributed by atoms with Crippen molar-refractivity contribution in [3.8, 4) is 0 Å². The topological polar surface area (TPSA) is 239 Å². The number of hydrogen-bond acceptors (Lipinski definition) is 15. The third-order valence-electron chi connectivity index (χ3n) is 10.4. The van der Waals surface area contributed by atoms with Crippen molar-refractivity contribution in [3.63, 3.8) is 0 Å². The third kappa shape index (κ3) is 27.4. The summed E-state index contributed by atoms with van der Waals surface area (Å²) in [5.41, 5.74) is 0. The number of esters is 2. The monoisotopic (exact) mass is 945 g/mol. The molecule has 0 aliphatic rings. The fraction of sp³-hybridized carbons (Fsp3) is 0.667. The van der Waals surface area contributed by atoms with Gasteiger partial charge in [0.05, 0.1) is 33.3 Å². The molecule has 0 spiro atoms. The van der Waals surface area contributed by atoms with Crippen LogP contribution in [0.1, 0.15) is 159 Å². The molecule has 376 valence electrons. The Hall–Kier alpha value is -5.88. The van der Waals surface area contributed by atoms with Gasteiger partial charge in [0, 0.05) is 26.2 Å². The molecule has 0 radical (unpaired) electrons. The average Bonchev–Trinajstić information content (AvgIpc) is 4.00. The first-order chi connectivity index (χ1) is 32.5. The van der Waals surface area contributed by atoms with Gasteiger partial charge in [-0.05, 0) is 70.2 Å². The fourth-order valence-electron chi connectivity index (χ4n) is 6.42. The molecule has 19 heteroatoms. The van der Waals surface area contributed by atoms with E-state index in [0.717, 1.165) is 49.8 Å². The molecule has 0 saturated carbocycles. The SMILES string of the molecule is CCCCCCCCCCCCOC(=O)N(CCCCCCNC(=O)OCc1ccc(C=NC(C)C(=O)OC)o1)C(=O)NCCCCCCNC(=O)OCc1ccc(C=NC(C)C(=O)OC)o1. The number of imide groups is 1. The first-order valence-electron chi connectivity index (χ1n) is 23.9. The van der Waals surface area contributed by atoms with Gasteiger partial charge < -0.3 is 48.5 Å². The highest BCUT2D eigenvalue weighted by Gasteiger charge is 2.22. The molecule has 3 N–H and O–H groups in total. The number of carbonyl (C=O) groups is 6. The van der Waals surface area contributed by atoms with Crippen molar-refractivity contribution in [2.75, 3.05) is 47.0 Å². The van der Waals surface area contributed by atoms with E-state index < -0.39 is 48.3 Å². The zero-order valence-electron chi connectivity index (χ0n) is 40.4. The molecule has 2 aromatic heterocycles. The second-order valence-electron chi connectivity index (χ2n) is 16.1. The van der Waals surface area contributed by atoms with Crippen LogP contribution < -0.4 is 16.0 Å². The minimum atomic E-state index is -0.673. The van der Waals surface area contributed by atoms with Gasteiger partial charge in [0.1, 0.15) is 35.1 Å². The summed E-state index contributed by atoms with van der Waals surface area (Å²) in [6.45, 7) is 6.90. The quantitative estimate of drug-likeness (QED) is 0.0253. The lowest BCUT2D eigenvalue weighted by atomic mass is 10.1. The Balaban J connectivity index is 1.67. The van der Waals surface area contributed by atoms with Crippen molar-refractivity contribution >= 4 is 48.7 Å². The summed E-state index contributed by atoms with van der Waals surface area (Å²) in [6.07, 6.45) is 18.3. The van der Waals surface area contributed by atoms with Gasteiger partial charge in [-0.2, -0.15) is 0 Å². The summed E-state index contributed by atoms with van der Waals surface area (Å²) in [6, 6.07) is 4.77. The summed E-state index contributed by atoms with van der Waals surface area (Å²) in [5.74, 6) is 0.730. The molecule has 5 amide bonds. The van der Waals surface area contributed by atoms with Crippen molar-refractivity contribution in [1.29, 1.82) is 0 Å². The van der Waals surface area contributed by atoms with Crippen molar-refractivity contribution in [1.82, 2.24) is 20.9 Å². The summed E-state index contributed by atoms with van der Waals surface area (Å²) in [4.78, 5) is 82.9. The summed E-state index contributed by atoms with van der Waals surface area (Å²) < 4.78 is 36.4. The Morgan fingerprint density at radius 3 is 1.45 bits per heavy atom. The lowest BCUT2D eigenvalue weighted by Crippen LogP contribution is -2.45. The van der Waals surface area contributed by atoms with Crippen LogP contribution in [-0.4, -0.2) is 113 Å². The molecule has 0 aromatic carbocycles. The van der Waals surface area contributed by atoms with Gasteiger partial charge in [-0.1, -0.05) is 90.4 Å². The van der Waals surface area contributed by atoms with Crippen LogP contribution in [0.3, 0.4) is 0 Å². The smallest absolute Gasteiger partial charge is 0.417 e. The molecular weight excluding hydrogens is 869 g/mol. The average molecular weight is 945 g/mol. The fourth-order valence-corrected chi connectivity index (χ4v) is 6.42. The number of alkyl carbamates (subject to hydrolysis) is 2. The summed E-state index contributed by atoms with van der Waals surface area (Å²) in [7, 11) is 2.58. The number of hydrogen-bond donors (Lipinski definition) is 3. The second-order valence-corrected chi connectivity index (χ2v) is 16.1. The Morgan fingerprint density at radius 1 is 0.567 bits per heavy atom. The van der Waals surface area contributed by atoms with Gasteiger partial charge in [-0.3, -0.25) is 9.98 Å². The van der Waals surface area contributed by atoms with E-state index in [-0.39, 0.29) is 26.4 Å². The van der Waals surface area contributed by atoms with Crippen molar-refractivity contribution < 1.29 is 61.3 Å². The van der Waals surface area contributed by atoms with E-state index in [9.17, 15) is 28.8 Å². The first-order valence-corrected chi connectivity index (χ1v) is 23.9. The Morgan fingerprint density at radius 2 is 0.985 bits per heavy atom. The Bertz CT molecular complexity index is 1780. The predicted molar refractivity (Wildman–Crippen MR) is 252 cm³/mol. The molecule has 0 bridgehead atoms. The zero-order valence-corrected chi connectivity index (χ0v) is 40.4. The van der Waals surface area contributed by atoms with Crippen LogP contribution in [0, 0.1) is 0 Å². The number of unbranched alkanes of at least 4 members (excludes halogenated alkanes) is 15. The highest BCUT2D eigenvalue weighted by atomic mass is 16.6. The third-order valence-corrected chi connectivity index (χ3v) is 10.4. The maximum absolute atomic E-state index is 13.2. The highest BCUT2D eigenvalue weighted by Crippen LogP contribution is 2.13. The maximum Gasteiger partial charge on any atom is 0.417 e. The van der Waals surface area contributed by atoms with E-state index in [1.54, 1.807) is 38.1 Å². The molecule has 0 saturated heterocycles. The second kappa shape index (κ2) is 36.3. The van der Waals surface area contributed by atoms with E-state index in [2.05, 4.69) is 42.3 Å². The molecule has 0 aliphatic carbocycles. The van der Waals surface area contributed by atoms with Crippen LogP contribution in [0.4, 0.5) is 19.2 Å². The van der Waals surface area contributed by atoms with Crippen LogP contribution in [-0.2, 0) is 46.5 Å². The first kappa shape index (κ1) is 57.2. The van der Waals surface area contributed by atoms with Gasteiger partial charge >= 0.3 is 36.2 Å². The predicted octanol–water partition coefficient (Wildman–Crippen LogP) is 9.18. The summed E-state index contributed by atoms with van der Waals surface area (Å²) in [5, 5.41) is 8.27. The number of carbonyl (C=O) groups excluding carboxylic acids is 6. The number of nitrogens with one attached hydrogen (secondary N) is 3. The number of methoxy groups -OCH3 is 2. The van der Waals surface area contributed by atoms with Crippen LogP contribution >= 0.6 is 0 Å². The van der Waals surface area contributed by atoms with Gasteiger partial charge in [0.15, 0.2) is 13.2 Å². The van der Waals surface area contributed by atoms with E-state index in [4.69, 9.17) is 23.0 Å². The zero-order chi connectivity index (χ0) is 48.9. The molecule has 2 atom stereocenters. The molecule has 2 heterocycles. The molecule has 2 rings (SSSR count). The van der Waals surface area contributed by atoms with Crippen molar-refractivity contribution in [2.24, 2.45) is 9.98 Å². The van der Waals surface area contributed by atoms with Gasteiger partial charge in [0.2, 0.25) is 0 Å². The maximum atomic E-state index is 13.2. The molecular formula is C48H76N6O13. The van der Waals surface area contributed by atoms with Crippen LogP contribution in [0.2, 0.25) is 0 Å². The number of nitrogens with zero attached hydrogens (tertiary/aromatic N) is 3. The standard InChI is InChI=1S/C48H76N6O13/c1-6-7-8-9-10-11-12-13-18-23-32-63-48(60)54(31-22-17-16-21-30-51-47(59)65-36-42-27-25-40(67-42)34-53-38(3)44(56)62-5)45(57)49-28-19-14-15-20-29-50-46(58)64-35-41-26-24-39(66-41)33-52-37(2)43(55)61-4/h24-27,33-34,37-38H,6-23,28-32,35-36H2,1-5H3,(H,49,57)(H,50,58)(H,51,59). The molecule has 0 aliphatic heterocycles. The normalized spacial score (nSPS) is 12.1. The number of furan rings is 2. The number of aliphatic imine (C=N–C) groups is 2. The largest absolute Gasteiger partial charge is 0.467 e. The van der Waals surface area contributed by atoms with Crippen molar-refractivity contribution in [3.05, 3.63) is 47.3 Å². The Labute approximate surface area is 395 Å². The van der Waals surface area contributed by atoms with Gasteiger partial charge in [-0.15, -0.1) is 0 Å². The van der Waals surface area contributed by atoms with Crippen LogP contribution in [0.15, 0.2) is 43.1 Å². The minimum Gasteiger partial charge on any atom is -0.467 e. The van der Waals surface area contributed by atoms with E-state index in [1.807, 2.05) is 0 Å². The molecule has 2 unspecified atom stereocenters. The van der Waals surface area contributed by atoms with Gasteiger partial charge in [-0.25, -0.2) is 33.7 Å². The lowest BCUT2D eigenvalue weighted by molar-refractivity contribution is -0.142. The van der Waals surface area contributed by atoms with Crippen molar-refractivity contribution in [2.45, 2.75) is 162 Å². The molecule has 67 heavy (non-hydrogen) atoms. The minimum absolute atomic E-state index is 0.0670. The number of amides is 5. The highest BCUT2D eigenvalue weighted by molar-refractivity contribution is 5.90. The van der Waals surface area contributed by atoms with E-state index >= 15 is 0 Å². The lowest BCUT2D eigenvalue weighted by Gasteiger charge is -2.21. The summed E-state index contributed by atoms with van der Waals surface area (Å²) >= 11 is 0. The van der Waals surface area contributed by atoms with E-state index in [0.29, 0.717) is 68.4 Å². The number of rotatable bonds is 35. The van der Waals surface area contributed by atoms with Crippen LogP contribution in [0.25, 0.3) is 0 Å². The van der Waals surface area contributed by atoms with Gasteiger partial charge in [0.25, 0.3) is 0 Å². The molecule has 2 aromatic rings. The Kier molecular flexibility index (Phi) is 31.0.